The van der Waals surface area contributed by atoms with Crippen LogP contribution in [-0.4, -0.2) is 75.5 Å². The average Bonchev–Trinajstić information content (AvgIpc) is 2.72. The van der Waals surface area contributed by atoms with Crippen molar-refractivity contribution >= 4 is 41.4 Å². The van der Waals surface area contributed by atoms with Gasteiger partial charge < -0.3 is 32.3 Å². The van der Waals surface area contributed by atoms with Gasteiger partial charge in [0.2, 0.25) is 5.91 Å². The number of anilines is 1. The lowest BCUT2D eigenvalue weighted by Gasteiger charge is -2.07. The second-order valence-corrected chi connectivity index (χ2v) is 6.83. The van der Waals surface area contributed by atoms with Gasteiger partial charge in [-0.3, -0.25) is 4.79 Å². The number of aromatic nitrogens is 2. The SMILES string of the molecule is NCCNC(=O)CCCSc1nccc(NC(N)=NCC(F)(F)F)n1.O=C(O)/C=C\C(=O)O. The van der Waals surface area contributed by atoms with Crippen molar-refractivity contribution in [2.45, 2.75) is 24.2 Å². The van der Waals surface area contributed by atoms with Crippen LogP contribution in [0.1, 0.15) is 12.8 Å². The molecule has 0 aliphatic carbocycles. The van der Waals surface area contributed by atoms with Gasteiger partial charge in [-0.25, -0.2) is 24.5 Å². The van der Waals surface area contributed by atoms with Crippen LogP contribution in [0, 0.1) is 0 Å². The molecule has 0 saturated carbocycles. The Balaban J connectivity index is 0.00000109. The Kier molecular flexibility index (Phi) is 14.6. The summed E-state index contributed by atoms with van der Waals surface area (Å²) < 4.78 is 36.2. The van der Waals surface area contributed by atoms with E-state index in [1.807, 2.05) is 0 Å². The van der Waals surface area contributed by atoms with Crippen LogP contribution in [-0.2, 0) is 14.4 Å². The zero-order valence-corrected chi connectivity index (χ0v) is 18.0. The standard InChI is InChI=1S/C13H20F3N7OS.C4H4O4/c14-13(15,16)8-21-11(18)22-9-3-5-20-12(23-9)25-7-1-2-10(24)19-6-4-17;5-3(6)1-2-4(7)8/h3,5H,1-2,4,6-8,17H2,(H,19,24)(H3,18,20,21,22,23);1-2H,(H,5,6)(H,7,8)/b;2-1-. The molecule has 0 aliphatic heterocycles. The maximum Gasteiger partial charge on any atom is 0.408 e. The summed E-state index contributed by atoms with van der Waals surface area (Å²) in [5.74, 6) is -2.13. The Hall–Kier alpha value is -3.40. The van der Waals surface area contributed by atoms with Gasteiger partial charge >= 0.3 is 18.1 Å². The lowest BCUT2D eigenvalue weighted by Crippen LogP contribution is -2.28. The van der Waals surface area contributed by atoms with Crippen LogP contribution in [0.2, 0.25) is 0 Å². The Bertz CT molecular complexity index is 821. The number of halogens is 3. The third-order valence-corrected chi connectivity index (χ3v) is 3.88. The minimum Gasteiger partial charge on any atom is -0.478 e. The van der Waals surface area contributed by atoms with Crippen molar-refractivity contribution in [3.05, 3.63) is 24.4 Å². The summed E-state index contributed by atoms with van der Waals surface area (Å²) in [5, 5.41) is 21.2. The number of carbonyl (C=O) groups excluding carboxylic acids is 1. The Morgan fingerprint density at radius 1 is 1.21 bits per heavy atom. The van der Waals surface area contributed by atoms with E-state index in [0.717, 1.165) is 0 Å². The molecule has 0 saturated heterocycles. The zero-order chi connectivity index (χ0) is 25.3. The molecule has 1 rings (SSSR count). The van der Waals surface area contributed by atoms with Crippen molar-refractivity contribution in [2.24, 2.45) is 16.5 Å². The van der Waals surface area contributed by atoms with Crippen LogP contribution in [0.3, 0.4) is 0 Å². The number of rotatable bonds is 11. The van der Waals surface area contributed by atoms with Crippen LogP contribution in [0.4, 0.5) is 19.0 Å². The van der Waals surface area contributed by atoms with Crippen LogP contribution >= 0.6 is 11.8 Å². The number of amides is 1. The van der Waals surface area contributed by atoms with E-state index in [1.54, 1.807) is 0 Å². The van der Waals surface area contributed by atoms with Crippen LogP contribution in [0.5, 0.6) is 0 Å². The first-order valence-corrected chi connectivity index (χ1v) is 10.1. The number of nitrogens with zero attached hydrogens (tertiary/aromatic N) is 3. The molecule has 12 nitrogen and oxygen atoms in total. The van der Waals surface area contributed by atoms with Crippen molar-refractivity contribution in [3.63, 3.8) is 0 Å². The number of thioether (sulfide) groups is 1. The molecular weight excluding hydrogens is 471 g/mol. The molecule has 33 heavy (non-hydrogen) atoms. The van der Waals surface area contributed by atoms with Gasteiger partial charge in [-0.05, 0) is 12.5 Å². The Morgan fingerprint density at radius 2 is 1.85 bits per heavy atom. The number of aliphatic carboxylic acids is 2. The molecule has 0 atom stereocenters. The molecular formula is C17H24F3N7O5S. The summed E-state index contributed by atoms with van der Waals surface area (Å²) in [6, 6.07) is 1.46. The monoisotopic (exact) mass is 495 g/mol. The molecule has 1 aromatic rings. The van der Waals surface area contributed by atoms with Gasteiger partial charge in [-0.15, -0.1) is 0 Å². The summed E-state index contributed by atoms with van der Waals surface area (Å²) in [7, 11) is 0. The number of nitrogens with two attached hydrogens (primary N) is 2. The lowest BCUT2D eigenvalue weighted by atomic mass is 10.3. The fourth-order valence-electron chi connectivity index (χ4n) is 1.66. The molecule has 0 aromatic carbocycles. The van der Waals surface area contributed by atoms with E-state index < -0.39 is 24.7 Å². The smallest absolute Gasteiger partial charge is 0.408 e. The molecule has 0 spiro atoms. The average molecular weight is 495 g/mol. The van der Waals surface area contributed by atoms with Crippen molar-refractivity contribution in [3.8, 4) is 0 Å². The highest BCUT2D eigenvalue weighted by Crippen LogP contribution is 2.17. The van der Waals surface area contributed by atoms with E-state index in [2.05, 4.69) is 25.6 Å². The molecule has 1 heterocycles. The molecule has 16 heteroatoms. The van der Waals surface area contributed by atoms with E-state index in [4.69, 9.17) is 21.7 Å². The van der Waals surface area contributed by atoms with Gasteiger partial charge in [0.25, 0.3) is 0 Å². The number of carboxylic acids is 2. The number of nitrogens with one attached hydrogen (secondary N) is 2. The summed E-state index contributed by atoms with van der Waals surface area (Å²) in [4.78, 5) is 41.8. The van der Waals surface area contributed by atoms with Gasteiger partial charge in [-0.1, -0.05) is 11.8 Å². The van der Waals surface area contributed by atoms with Crippen molar-refractivity contribution < 1.29 is 37.8 Å². The number of alkyl halides is 3. The molecule has 0 fully saturated rings. The maximum absolute atomic E-state index is 12.1. The third-order valence-electron chi connectivity index (χ3n) is 2.93. The van der Waals surface area contributed by atoms with Gasteiger partial charge in [0, 0.05) is 43.6 Å². The van der Waals surface area contributed by atoms with Crippen LogP contribution in [0.15, 0.2) is 34.6 Å². The van der Waals surface area contributed by atoms with Crippen LogP contribution in [0.25, 0.3) is 0 Å². The molecule has 8 N–H and O–H groups in total. The maximum atomic E-state index is 12.1. The summed E-state index contributed by atoms with van der Waals surface area (Å²) >= 11 is 1.32. The number of guanidine groups is 1. The number of carbonyl (C=O) groups is 3. The number of hydrogen-bond donors (Lipinski definition) is 6. The van der Waals surface area contributed by atoms with Gasteiger partial charge in [-0.2, -0.15) is 13.2 Å². The van der Waals surface area contributed by atoms with Gasteiger partial charge in [0.05, 0.1) is 0 Å². The van der Waals surface area contributed by atoms with Crippen molar-refractivity contribution in [1.82, 2.24) is 15.3 Å². The number of carboxylic acid groups (broad SMARTS) is 2. The van der Waals surface area contributed by atoms with Crippen molar-refractivity contribution in [1.29, 1.82) is 0 Å². The summed E-state index contributed by atoms with van der Waals surface area (Å²) in [6.45, 7) is -0.533. The molecule has 0 unspecified atom stereocenters. The lowest BCUT2D eigenvalue weighted by molar-refractivity contribution is -0.134. The second-order valence-electron chi connectivity index (χ2n) is 5.77. The predicted octanol–water partition coefficient (Wildman–Crippen LogP) is 0.425. The van der Waals surface area contributed by atoms with Crippen molar-refractivity contribution in [2.75, 3.05) is 30.7 Å². The predicted molar refractivity (Wildman–Crippen MR) is 115 cm³/mol. The molecule has 1 amide bonds. The normalized spacial score (nSPS) is 11.5. The first-order valence-electron chi connectivity index (χ1n) is 9.13. The second kappa shape index (κ2) is 16.3. The van der Waals surface area contributed by atoms with Gasteiger partial charge in [0.1, 0.15) is 12.4 Å². The van der Waals surface area contributed by atoms with E-state index in [9.17, 15) is 27.6 Å². The zero-order valence-electron chi connectivity index (χ0n) is 17.2. The minimum absolute atomic E-state index is 0.0731. The minimum atomic E-state index is -4.42. The van der Waals surface area contributed by atoms with E-state index >= 15 is 0 Å². The quantitative estimate of drug-likeness (QED) is 0.0619. The third kappa shape index (κ3) is 19.0. The highest BCUT2D eigenvalue weighted by atomic mass is 32.2. The van der Waals surface area contributed by atoms with Gasteiger partial charge in [0.15, 0.2) is 11.1 Å². The molecule has 1 aromatic heterocycles. The molecule has 0 aliphatic rings. The Labute approximate surface area is 190 Å². The number of hydrogen-bond acceptors (Lipinski definition) is 8. The summed E-state index contributed by atoms with van der Waals surface area (Å²) in [6.07, 6.45) is -0.873. The first kappa shape index (κ1) is 29.6. The van der Waals surface area contributed by atoms with E-state index in [-0.39, 0.29) is 17.7 Å². The topological polar surface area (TPSA) is 206 Å². The Morgan fingerprint density at radius 3 is 2.39 bits per heavy atom. The van der Waals surface area contributed by atoms with E-state index in [0.29, 0.717) is 49.0 Å². The van der Waals surface area contributed by atoms with E-state index in [1.165, 1.54) is 24.0 Å². The van der Waals surface area contributed by atoms with Crippen LogP contribution < -0.4 is 22.1 Å². The number of aliphatic imine (C=N–C) groups is 1. The first-order chi connectivity index (χ1) is 15.4. The summed E-state index contributed by atoms with van der Waals surface area (Å²) in [5.41, 5.74) is 10.7. The molecule has 184 valence electrons. The fraction of sp³-hybridized carbons (Fsp3) is 0.412. The fourth-order valence-corrected chi connectivity index (χ4v) is 2.43. The largest absolute Gasteiger partial charge is 0.478 e. The highest BCUT2D eigenvalue weighted by molar-refractivity contribution is 7.99. The highest BCUT2D eigenvalue weighted by Gasteiger charge is 2.26. The molecule has 0 radical (unpaired) electrons. The molecule has 0 bridgehead atoms.